The highest BCUT2D eigenvalue weighted by Gasteiger charge is 2.45. The van der Waals surface area contributed by atoms with Gasteiger partial charge in [-0.25, -0.2) is 15.0 Å². The van der Waals surface area contributed by atoms with Crippen LogP contribution in [0.3, 0.4) is 0 Å². The fourth-order valence-corrected chi connectivity index (χ4v) is 2.87. The molecule has 0 amide bonds. The van der Waals surface area contributed by atoms with Gasteiger partial charge in [-0.15, -0.1) is 6.58 Å². The monoisotopic (exact) mass is 365 g/mol. The molecule has 10 nitrogen and oxygen atoms in total. The van der Waals surface area contributed by atoms with Crippen molar-refractivity contribution in [2.24, 2.45) is 0 Å². The predicted octanol–water partition coefficient (Wildman–Crippen LogP) is -0.872. The molecule has 142 valence electrons. The summed E-state index contributed by atoms with van der Waals surface area (Å²) >= 11 is 0. The van der Waals surface area contributed by atoms with E-state index in [0.29, 0.717) is 23.9 Å². The Hall–Kier alpha value is -2.11. The fraction of sp³-hybridized carbons (Fsp3) is 0.562. The van der Waals surface area contributed by atoms with Crippen molar-refractivity contribution in [1.29, 1.82) is 0 Å². The maximum absolute atomic E-state index is 10.3. The Kier molecular flexibility index (Phi) is 5.49. The molecule has 5 atom stereocenters. The van der Waals surface area contributed by atoms with Crippen molar-refractivity contribution in [2.75, 3.05) is 18.5 Å². The van der Waals surface area contributed by atoms with Crippen LogP contribution < -0.4 is 5.32 Å². The number of ether oxygens (including phenoxy) is 1. The first kappa shape index (κ1) is 18.7. The second kappa shape index (κ2) is 7.64. The lowest BCUT2D eigenvalue weighted by Crippen LogP contribution is -2.56. The molecule has 0 aliphatic carbocycles. The number of hydrogen-bond donors (Lipinski definition) is 5. The van der Waals surface area contributed by atoms with E-state index in [2.05, 4.69) is 26.8 Å². The molecule has 0 radical (unpaired) electrons. The molecule has 3 rings (SSSR count). The number of hydrogen-bond acceptors (Lipinski definition) is 9. The number of aromatic nitrogens is 4. The minimum Gasteiger partial charge on any atom is -0.394 e. The van der Waals surface area contributed by atoms with Gasteiger partial charge in [0.15, 0.2) is 23.6 Å². The molecule has 1 unspecified atom stereocenters. The number of nitrogens with zero attached hydrogens (tertiary/aromatic N) is 4. The first-order valence-corrected chi connectivity index (χ1v) is 8.30. The van der Waals surface area contributed by atoms with Crippen molar-refractivity contribution in [3.05, 3.63) is 24.8 Å². The van der Waals surface area contributed by atoms with Gasteiger partial charge in [-0.05, 0) is 13.3 Å². The first-order valence-electron chi connectivity index (χ1n) is 8.30. The van der Waals surface area contributed by atoms with Crippen LogP contribution in [0, 0.1) is 0 Å². The highest BCUT2D eigenvalue weighted by Crippen LogP contribution is 2.33. The van der Waals surface area contributed by atoms with Crippen molar-refractivity contribution >= 4 is 5.82 Å². The summed E-state index contributed by atoms with van der Waals surface area (Å²) in [6, 6.07) is 0. The average molecular weight is 365 g/mol. The molecule has 0 bridgehead atoms. The van der Waals surface area contributed by atoms with Crippen LogP contribution in [0.1, 0.15) is 19.6 Å². The van der Waals surface area contributed by atoms with E-state index in [1.807, 2.05) is 6.92 Å². The second-order valence-electron chi connectivity index (χ2n) is 6.40. The molecule has 1 saturated heterocycles. The lowest BCUT2D eigenvalue weighted by molar-refractivity contribution is -0.251. The lowest BCUT2D eigenvalue weighted by Gasteiger charge is -2.41. The van der Waals surface area contributed by atoms with E-state index < -0.39 is 37.3 Å². The van der Waals surface area contributed by atoms with E-state index in [4.69, 9.17) is 4.74 Å². The van der Waals surface area contributed by atoms with Gasteiger partial charge in [0.2, 0.25) is 0 Å². The number of imidazole rings is 1. The molecule has 5 N–H and O–H groups in total. The van der Waals surface area contributed by atoms with Crippen molar-refractivity contribution in [2.45, 2.75) is 44.0 Å². The number of aliphatic hydroxyl groups is 4. The molecule has 0 aromatic carbocycles. The first-order chi connectivity index (χ1) is 12.4. The van der Waals surface area contributed by atoms with Gasteiger partial charge < -0.3 is 30.5 Å². The van der Waals surface area contributed by atoms with Crippen molar-refractivity contribution < 1.29 is 25.2 Å². The summed E-state index contributed by atoms with van der Waals surface area (Å²) < 4.78 is 6.99. The van der Waals surface area contributed by atoms with E-state index in [-0.39, 0.29) is 0 Å². The molecule has 3 heterocycles. The van der Waals surface area contributed by atoms with Crippen molar-refractivity contribution in [3.8, 4) is 11.5 Å². The largest absolute Gasteiger partial charge is 0.394 e. The lowest BCUT2D eigenvalue weighted by atomic mass is 9.98. The topological polar surface area (TPSA) is 146 Å². The maximum Gasteiger partial charge on any atom is 0.167 e. The molecule has 0 spiro atoms. The third kappa shape index (κ3) is 3.41. The highest BCUT2D eigenvalue weighted by molar-refractivity contribution is 5.66. The van der Waals surface area contributed by atoms with Crippen LogP contribution in [0.25, 0.3) is 11.5 Å². The van der Waals surface area contributed by atoms with Gasteiger partial charge in [0.1, 0.15) is 37.1 Å². The van der Waals surface area contributed by atoms with Crippen LogP contribution in [0.15, 0.2) is 24.8 Å². The maximum atomic E-state index is 10.3. The van der Waals surface area contributed by atoms with Gasteiger partial charge in [0.25, 0.3) is 0 Å². The molecule has 0 saturated carbocycles. The van der Waals surface area contributed by atoms with Crippen LogP contribution in [-0.4, -0.2) is 77.5 Å². The van der Waals surface area contributed by atoms with Gasteiger partial charge in [0.05, 0.1) is 6.61 Å². The van der Waals surface area contributed by atoms with Gasteiger partial charge in [-0.1, -0.05) is 5.57 Å². The van der Waals surface area contributed by atoms with Crippen LogP contribution in [0.2, 0.25) is 0 Å². The predicted molar refractivity (Wildman–Crippen MR) is 91.4 cm³/mol. The normalized spacial score (nSPS) is 29.0. The molecule has 3 aliphatic heterocycles. The summed E-state index contributed by atoms with van der Waals surface area (Å²) in [5, 5.41) is 42.7. The van der Waals surface area contributed by atoms with Crippen LogP contribution in [0.5, 0.6) is 0 Å². The Labute approximate surface area is 150 Å². The van der Waals surface area contributed by atoms with Gasteiger partial charge >= 0.3 is 0 Å². The van der Waals surface area contributed by atoms with Crippen LogP contribution >= 0.6 is 0 Å². The summed E-state index contributed by atoms with van der Waals surface area (Å²) in [7, 11) is 0. The Bertz CT molecular complexity index is 736. The number of anilines is 1. The molecule has 26 heavy (non-hydrogen) atoms. The fourth-order valence-electron chi connectivity index (χ4n) is 2.87. The minimum absolute atomic E-state index is 0.391. The summed E-state index contributed by atoms with van der Waals surface area (Å²) in [4.78, 5) is 12.7. The summed E-state index contributed by atoms with van der Waals surface area (Å²) in [5.74, 6) is 0.918. The molecule has 3 aliphatic rings. The van der Waals surface area contributed by atoms with E-state index >= 15 is 0 Å². The number of rotatable bonds is 6. The Morgan fingerprint density at radius 3 is 2.69 bits per heavy atom. The quantitative estimate of drug-likeness (QED) is 0.412. The van der Waals surface area contributed by atoms with E-state index in [1.165, 1.54) is 17.2 Å². The zero-order valence-electron chi connectivity index (χ0n) is 14.4. The Morgan fingerprint density at radius 1 is 1.23 bits per heavy atom. The Balaban J connectivity index is 1.88. The second-order valence-corrected chi connectivity index (χ2v) is 6.40. The summed E-state index contributed by atoms with van der Waals surface area (Å²) in [6.45, 7) is 5.91. The number of fused-ring (bicyclic) bond motifs is 1. The van der Waals surface area contributed by atoms with Gasteiger partial charge in [-0.3, -0.25) is 4.57 Å². The molecule has 10 heteroatoms. The smallest absolute Gasteiger partial charge is 0.167 e. The minimum atomic E-state index is -1.48. The number of nitrogens with one attached hydrogen (secondary N) is 1. The zero-order chi connectivity index (χ0) is 18.8. The molecular weight excluding hydrogens is 342 g/mol. The zero-order valence-corrected chi connectivity index (χ0v) is 14.4. The molecule has 0 aromatic heterocycles. The van der Waals surface area contributed by atoms with Crippen LogP contribution in [0.4, 0.5) is 5.82 Å². The van der Waals surface area contributed by atoms with Gasteiger partial charge in [-0.2, -0.15) is 0 Å². The van der Waals surface area contributed by atoms with Gasteiger partial charge in [0, 0.05) is 6.54 Å². The van der Waals surface area contributed by atoms with Crippen molar-refractivity contribution in [1.82, 2.24) is 19.5 Å². The van der Waals surface area contributed by atoms with E-state index in [9.17, 15) is 20.4 Å². The highest BCUT2D eigenvalue weighted by atomic mass is 16.6. The molecule has 1 fully saturated rings. The molecular formula is C16H23N5O5. The van der Waals surface area contributed by atoms with E-state index in [0.717, 1.165) is 12.0 Å². The molecule has 0 aromatic rings. The van der Waals surface area contributed by atoms with E-state index in [1.54, 1.807) is 0 Å². The third-order valence-corrected chi connectivity index (χ3v) is 4.34. The third-order valence-electron chi connectivity index (χ3n) is 4.34. The van der Waals surface area contributed by atoms with Crippen molar-refractivity contribution in [3.63, 3.8) is 0 Å². The number of aliphatic hydroxyl groups excluding tert-OH is 4. The summed E-state index contributed by atoms with van der Waals surface area (Å²) in [5.41, 5.74) is 1.51. The SMILES string of the molecule is C=C(C)CCNc1ncn(C2O[C@H](CO)[C@@H](O)[C@H](O)[C@H]2O)c2ncnc1-2. The standard InChI is InChI=1S/C16H23N5O5/c1-8(2)3-4-17-14-10-15(19-6-18-10)21(7-20-14)16-13(25)12(24)11(23)9(5-22)26-16/h6-7,9,11-13,16-17,22-25H,1,3-5H2,2H3/t9-,11-,12+,13-,16?/m1/s1. The average Bonchev–Trinajstić information content (AvgIpc) is 3.10. The Morgan fingerprint density at radius 2 is 2.00 bits per heavy atom. The summed E-state index contributed by atoms with van der Waals surface area (Å²) in [6.07, 6.45) is -2.89. The van der Waals surface area contributed by atoms with Crippen LogP contribution in [-0.2, 0) is 4.74 Å².